The zero-order chi connectivity index (χ0) is 4.28. The van der Waals surface area contributed by atoms with E-state index in [0.29, 0.717) is 0 Å². The van der Waals surface area contributed by atoms with E-state index in [0.717, 1.165) is 5.57 Å². The molecule has 0 saturated carbocycles. The van der Waals surface area contributed by atoms with E-state index in [9.17, 15) is 0 Å². The second-order valence-corrected chi connectivity index (χ2v) is 1.12. The molecule has 0 heterocycles. The number of aliphatic hydroxyl groups is 1. The van der Waals surface area contributed by atoms with Gasteiger partial charge >= 0.3 is 29.6 Å². The average molecular weight is 96.1 g/mol. The molecule has 6 heavy (non-hydrogen) atoms. The molecule has 0 atom stereocenters. The van der Waals surface area contributed by atoms with Gasteiger partial charge in [-0.15, -0.1) is 0 Å². The third-order valence-corrected chi connectivity index (χ3v) is 0.270. The van der Waals surface area contributed by atoms with Crippen LogP contribution in [0.2, 0.25) is 0 Å². The van der Waals surface area contributed by atoms with Crippen LogP contribution >= 0.6 is 0 Å². The first-order valence-corrected chi connectivity index (χ1v) is 1.52. The van der Waals surface area contributed by atoms with Crippen molar-refractivity contribution in [1.29, 1.82) is 0 Å². The second-order valence-electron chi connectivity index (χ2n) is 1.12. The summed E-state index contributed by atoms with van der Waals surface area (Å²) in [6, 6.07) is 0. The van der Waals surface area contributed by atoms with Crippen molar-refractivity contribution in [2.24, 2.45) is 0 Å². The zero-order valence-electron chi connectivity index (χ0n) is 5.36. The van der Waals surface area contributed by atoms with E-state index in [4.69, 9.17) is 5.11 Å². The summed E-state index contributed by atoms with van der Waals surface area (Å²) >= 11 is 0. The first kappa shape index (κ1) is 9.85. The molecule has 0 unspecified atom stereocenters. The molecule has 0 aromatic heterocycles. The molecule has 0 bridgehead atoms. The van der Waals surface area contributed by atoms with E-state index in [1.165, 1.54) is 0 Å². The SMILES string of the molecule is C=C(C)CO.[H-].[Na+]. The molecule has 0 aliphatic heterocycles. The number of hydrogen-bond donors (Lipinski definition) is 1. The topological polar surface area (TPSA) is 20.2 Å². The van der Waals surface area contributed by atoms with Gasteiger partial charge in [-0.3, -0.25) is 0 Å². The fourth-order valence-corrected chi connectivity index (χ4v) is 0. The second kappa shape index (κ2) is 5.70. The van der Waals surface area contributed by atoms with Crippen molar-refractivity contribution < 1.29 is 36.1 Å². The van der Waals surface area contributed by atoms with Crippen LogP contribution < -0.4 is 29.6 Å². The van der Waals surface area contributed by atoms with Gasteiger partial charge in [0.25, 0.3) is 0 Å². The standard InChI is InChI=1S/C4H8O.Na.H/c1-4(2)3-5;;/h5H,1,3H2,2H3;;/q;+1;-1. The van der Waals surface area contributed by atoms with Crippen molar-refractivity contribution in [1.82, 2.24) is 0 Å². The van der Waals surface area contributed by atoms with Gasteiger partial charge in [0.15, 0.2) is 0 Å². The minimum absolute atomic E-state index is 0. The van der Waals surface area contributed by atoms with Crippen LogP contribution in [-0.4, -0.2) is 11.7 Å². The summed E-state index contributed by atoms with van der Waals surface area (Å²) in [7, 11) is 0. The van der Waals surface area contributed by atoms with Crippen LogP contribution in [0.4, 0.5) is 0 Å². The molecule has 0 aromatic rings. The maximum Gasteiger partial charge on any atom is 1.00 e. The molecule has 0 rings (SSSR count). The van der Waals surface area contributed by atoms with Gasteiger partial charge in [0, 0.05) is 0 Å². The predicted octanol–water partition coefficient (Wildman–Crippen LogP) is -2.33. The summed E-state index contributed by atoms with van der Waals surface area (Å²) in [5.41, 5.74) is 0.810. The van der Waals surface area contributed by atoms with E-state index in [1.54, 1.807) is 6.92 Å². The quantitative estimate of drug-likeness (QED) is 0.287. The van der Waals surface area contributed by atoms with Gasteiger partial charge in [-0.2, -0.15) is 0 Å². The van der Waals surface area contributed by atoms with E-state index in [1.807, 2.05) is 0 Å². The molecule has 32 valence electrons. The Morgan fingerprint density at radius 3 is 2.17 bits per heavy atom. The average Bonchev–Trinajstić information content (AvgIpc) is 1.38. The van der Waals surface area contributed by atoms with Crippen molar-refractivity contribution in [3.05, 3.63) is 12.2 Å². The summed E-state index contributed by atoms with van der Waals surface area (Å²) in [6.45, 7) is 5.31. The molecule has 0 spiro atoms. The molecule has 1 N–H and O–H groups in total. The largest absolute Gasteiger partial charge is 1.00 e. The molecule has 0 aromatic carbocycles. The van der Waals surface area contributed by atoms with Crippen LogP contribution in [-0.2, 0) is 0 Å². The third-order valence-electron chi connectivity index (χ3n) is 0.270. The number of hydrogen-bond acceptors (Lipinski definition) is 1. The van der Waals surface area contributed by atoms with Crippen LogP contribution in [0.15, 0.2) is 12.2 Å². The van der Waals surface area contributed by atoms with E-state index in [-0.39, 0.29) is 37.6 Å². The molecule has 0 aliphatic rings. The first-order valence-electron chi connectivity index (χ1n) is 1.52. The van der Waals surface area contributed by atoms with E-state index in [2.05, 4.69) is 6.58 Å². The molecular formula is C4H9NaO. The van der Waals surface area contributed by atoms with Gasteiger partial charge in [-0.1, -0.05) is 12.2 Å². The number of aliphatic hydroxyl groups excluding tert-OH is 1. The van der Waals surface area contributed by atoms with Crippen LogP contribution in [0.5, 0.6) is 0 Å². The van der Waals surface area contributed by atoms with Gasteiger partial charge in [0.1, 0.15) is 0 Å². The Labute approximate surface area is 61.8 Å². The predicted molar refractivity (Wildman–Crippen MR) is 23.0 cm³/mol. The van der Waals surface area contributed by atoms with Crippen LogP contribution in [0, 0.1) is 0 Å². The molecule has 0 saturated heterocycles. The minimum atomic E-state index is 0. The van der Waals surface area contributed by atoms with Crippen molar-refractivity contribution in [2.75, 3.05) is 6.61 Å². The summed E-state index contributed by atoms with van der Waals surface area (Å²) in [5.74, 6) is 0. The van der Waals surface area contributed by atoms with Gasteiger partial charge in [0.2, 0.25) is 0 Å². The number of rotatable bonds is 1. The normalized spacial score (nSPS) is 6.33. The Bertz CT molecular complexity index is 47.0. The molecule has 0 fully saturated rings. The molecule has 0 aliphatic carbocycles. The Hall–Kier alpha value is 0.700. The summed E-state index contributed by atoms with van der Waals surface area (Å²) < 4.78 is 0. The van der Waals surface area contributed by atoms with Crippen LogP contribution in [0.1, 0.15) is 8.35 Å². The summed E-state index contributed by atoms with van der Waals surface area (Å²) in [4.78, 5) is 0. The Morgan fingerprint density at radius 1 is 2.00 bits per heavy atom. The molecule has 1 nitrogen and oxygen atoms in total. The third kappa shape index (κ3) is 8.83. The van der Waals surface area contributed by atoms with Gasteiger partial charge in [0.05, 0.1) is 6.61 Å². The van der Waals surface area contributed by atoms with Gasteiger partial charge < -0.3 is 6.53 Å². The van der Waals surface area contributed by atoms with Crippen molar-refractivity contribution in [2.45, 2.75) is 6.92 Å². The fraction of sp³-hybridized carbons (Fsp3) is 0.500. The van der Waals surface area contributed by atoms with Crippen molar-refractivity contribution >= 4 is 0 Å². The van der Waals surface area contributed by atoms with Crippen LogP contribution in [0.3, 0.4) is 0 Å². The Balaban J connectivity index is -0.0000000800. The van der Waals surface area contributed by atoms with E-state index < -0.39 is 0 Å². The molecule has 0 amide bonds. The monoisotopic (exact) mass is 96.1 g/mol. The van der Waals surface area contributed by atoms with Crippen LogP contribution in [0.25, 0.3) is 0 Å². The minimum Gasteiger partial charge on any atom is -1.00 e. The molecule has 2 heteroatoms. The van der Waals surface area contributed by atoms with Crippen molar-refractivity contribution in [3.8, 4) is 0 Å². The smallest absolute Gasteiger partial charge is 1.00 e. The summed E-state index contributed by atoms with van der Waals surface area (Å²) in [6.07, 6.45) is 0. The molecule has 0 radical (unpaired) electrons. The maximum absolute atomic E-state index is 8.04. The summed E-state index contributed by atoms with van der Waals surface area (Å²) in [5, 5.41) is 8.04. The molecular weight excluding hydrogens is 87.0 g/mol. The fourth-order valence-electron chi connectivity index (χ4n) is 0. The first-order chi connectivity index (χ1) is 2.27. The van der Waals surface area contributed by atoms with Gasteiger partial charge in [-0.25, -0.2) is 0 Å². The van der Waals surface area contributed by atoms with Crippen molar-refractivity contribution in [3.63, 3.8) is 0 Å². The zero-order valence-corrected chi connectivity index (χ0v) is 6.36. The van der Waals surface area contributed by atoms with E-state index >= 15 is 0 Å². The Kier molecular flexibility index (Phi) is 9.36. The maximum atomic E-state index is 8.04. The Morgan fingerprint density at radius 2 is 2.17 bits per heavy atom. The van der Waals surface area contributed by atoms with Gasteiger partial charge in [-0.05, 0) is 6.92 Å².